The van der Waals surface area contributed by atoms with Crippen molar-refractivity contribution in [1.82, 2.24) is 0 Å². The van der Waals surface area contributed by atoms with E-state index in [0.29, 0.717) is 21.9 Å². The molecule has 0 saturated carbocycles. The zero-order valence-corrected chi connectivity index (χ0v) is 11.6. The zero-order valence-electron chi connectivity index (χ0n) is 10.9. The van der Waals surface area contributed by atoms with E-state index < -0.39 is 0 Å². The Morgan fingerprint density at radius 1 is 1.30 bits per heavy atom. The van der Waals surface area contributed by atoms with Crippen LogP contribution >= 0.6 is 11.6 Å². The maximum atomic E-state index is 11.2. The van der Waals surface area contributed by atoms with Gasteiger partial charge in [0.25, 0.3) is 0 Å². The number of nitrogens with zero attached hydrogens (tertiary/aromatic N) is 1. The summed E-state index contributed by atoms with van der Waals surface area (Å²) in [5.74, 6) is 0.442. The van der Waals surface area contributed by atoms with Gasteiger partial charge in [0.05, 0.1) is 16.7 Å². The number of carbonyl (C=O) groups is 1. The number of Topliss-reactive ketones (excluding diaryl/α,β-unsaturated/α-hetero) is 1. The molecule has 2 aromatic carbocycles. The molecule has 0 amide bonds. The van der Waals surface area contributed by atoms with Crippen LogP contribution in [0, 0.1) is 11.3 Å². The maximum Gasteiger partial charge on any atom is 0.159 e. The van der Waals surface area contributed by atoms with Gasteiger partial charge < -0.3 is 4.74 Å². The largest absolute Gasteiger partial charge is 0.487 e. The monoisotopic (exact) mass is 285 g/mol. The molecule has 0 fully saturated rings. The lowest BCUT2D eigenvalue weighted by Gasteiger charge is -2.09. The van der Waals surface area contributed by atoms with Gasteiger partial charge in [0.1, 0.15) is 12.4 Å². The minimum absolute atomic E-state index is 0.0479. The molecule has 0 aliphatic carbocycles. The average molecular weight is 286 g/mol. The smallest absolute Gasteiger partial charge is 0.159 e. The Labute approximate surface area is 122 Å². The summed E-state index contributed by atoms with van der Waals surface area (Å²) in [5.41, 5.74) is 1.91. The zero-order chi connectivity index (χ0) is 14.5. The van der Waals surface area contributed by atoms with E-state index in [0.717, 1.165) is 5.56 Å². The molecule has 0 N–H and O–H groups in total. The molecule has 100 valence electrons. The van der Waals surface area contributed by atoms with Crippen molar-refractivity contribution in [1.29, 1.82) is 5.26 Å². The number of ketones is 1. The van der Waals surface area contributed by atoms with Crippen molar-refractivity contribution < 1.29 is 9.53 Å². The highest BCUT2D eigenvalue weighted by Crippen LogP contribution is 2.26. The first kappa shape index (κ1) is 14.1. The van der Waals surface area contributed by atoms with Gasteiger partial charge in [-0.15, -0.1) is 0 Å². The minimum atomic E-state index is -0.0479. The maximum absolute atomic E-state index is 11.2. The highest BCUT2D eigenvalue weighted by molar-refractivity contribution is 6.32. The number of benzene rings is 2. The highest BCUT2D eigenvalue weighted by atomic mass is 35.5. The van der Waals surface area contributed by atoms with E-state index in [1.54, 1.807) is 30.3 Å². The second-order valence-electron chi connectivity index (χ2n) is 4.26. The van der Waals surface area contributed by atoms with Crippen LogP contribution in [0.1, 0.15) is 28.4 Å². The van der Waals surface area contributed by atoms with Gasteiger partial charge in [-0.25, -0.2) is 0 Å². The quantitative estimate of drug-likeness (QED) is 0.798. The summed E-state index contributed by atoms with van der Waals surface area (Å²) in [5, 5.41) is 9.38. The second-order valence-corrected chi connectivity index (χ2v) is 4.67. The molecular formula is C16H12ClNO2. The van der Waals surface area contributed by atoms with Crippen molar-refractivity contribution in [2.75, 3.05) is 0 Å². The molecule has 20 heavy (non-hydrogen) atoms. The molecule has 3 nitrogen and oxygen atoms in total. The van der Waals surface area contributed by atoms with Gasteiger partial charge in [-0.05, 0) is 31.2 Å². The van der Waals surface area contributed by atoms with Crippen LogP contribution in [-0.4, -0.2) is 5.78 Å². The van der Waals surface area contributed by atoms with Crippen LogP contribution in [0.2, 0.25) is 5.02 Å². The van der Waals surface area contributed by atoms with Crippen LogP contribution in [0.5, 0.6) is 5.75 Å². The first-order valence-electron chi connectivity index (χ1n) is 6.03. The van der Waals surface area contributed by atoms with Gasteiger partial charge in [0.2, 0.25) is 0 Å². The summed E-state index contributed by atoms with van der Waals surface area (Å²) in [6.45, 7) is 1.73. The van der Waals surface area contributed by atoms with Crippen LogP contribution in [-0.2, 0) is 6.61 Å². The third-order valence-corrected chi connectivity index (χ3v) is 3.15. The Hall–Kier alpha value is -2.31. The summed E-state index contributed by atoms with van der Waals surface area (Å²) in [4.78, 5) is 11.2. The molecule has 0 heterocycles. The standard InChI is InChI=1S/C16H12ClNO2/c1-11(19)12-6-7-16(15(17)8-12)20-10-14-5-3-2-4-13(14)9-18/h2-8H,10H2,1H3. The van der Waals surface area contributed by atoms with Crippen molar-refractivity contribution in [2.24, 2.45) is 0 Å². The van der Waals surface area contributed by atoms with Crippen LogP contribution in [0.25, 0.3) is 0 Å². The van der Waals surface area contributed by atoms with E-state index in [9.17, 15) is 4.79 Å². The number of rotatable bonds is 4. The van der Waals surface area contributed by atoms with Crippen molar-refractivity contribution in [3.63, 3.8) is 0 Å². The molecule has 2 rings (SSSR count). The minimum Gasteiger partial charge on any atom is -0.487 e. The molecule has 0 spiro atoms. The fraction of sp³-hybridized carbons (Fsp3) is 0.125. The normalized spacial score (nSPS) is 9.85. The van der Waals surface area contributed by atoms with Crippen LogP contribution in [0.4, 0.5) is 0 Å². The van der Waals surface area contributed by atoms with Crippen LogP contribution < -0.4 is 4.74 Å². The summed E-state index contributed by atoms with van der Waals surface area (Å²) >= 11 is 6.07. The lowest BCUT2D eigenvalue weighted by molar-refractivity contribution is 0.101. The highest BCUT2D eigenvalue weighted by Gasteiger charge is 2.07. The predicted octanol–water partition coefficient (Wildman–Crippen LogP) is 3.99. The van der Waals surface area contributed by atoms with Crippen LogP contribution in [0.3, 0.4) is 0 Å². The fourth-order valence-electron chi connectivity index (χ4n) is 1.75. The predicted molar refractivity (Wildman–Crippen MR) is 76.9 cm³/mol. The molecule has 4 heteroatoms. The van der Waals surface area contributed by atoms with E-state index in [4.69, 9.17) is 21.6 Å². The first-order chi connectivity index (χ1) is 9.61. The van der Waals surface area contributed by atoms with Crippen molar-refractivity contribution in [3.05, 3.63) is 64.2 Å². The number of nitriles is 1. The number of ether oxygens (including phenoxy) is 1. The van der Waals surface area contributed by atoms with Gasteiger partial charge in [0.15, 0.2) is 5.78 Å². The molecule has 2 aromatic rings. The fourth-order valence-corrected chi connectivity index (χ4v) is 1.98. The first-order valence-corrected chi connectivity index (χ1v) is 6.41. The third-order valence-electron chi connectivity index (χ3n) is 2.86. The summed E-state index contributed by atoms with van der Waals surface area (Å²) in [6, 6.07) is 14.2. The molecule has 0 atom stereocenters. The number of hydrogen-bond donors (Lipinski definition) is 0. The number of carbonyl (C=O) groups excluding carboxylic acids is 1. The third kappa shape index (κ3) is 3.17. The number of halogens is 1. The summed E-state index contributed by atoms with van der Waals surface area (Å²) in [6.07, 6.45) is 0. The molecule has 0 aliphatic rings. The van der Waals surface area contributed by atoms with Crippen LogP contribution in [0.15, 0.2) is 42.5 Å². The molecule has 0 saturated heterocycles. The Balaban J connectivity index is 2.16. The van der Waals surface area contributed by atoms with E-state index >= 15 is 0 Å². The topological polar surface area (TPSA) is 50.1 Å². The summed E-state index contributed by atoms with van der Waals surface area (Å²) in [7, 11) is 0. The second kappa shape index (κ2) is 6.23. The van der Waals surface area contributed by atoms with Gasteiger partial charge in [-0.1, -0.05) is 29.8 Å². The van der Waals surface area contributed by atoms with E-state index in [-0.39, 0.29) is 12.4 Å². The van der Waals surface area contributed by atoms with E-state index in [2.05, 4.69) is 6.07 Å². The van der Waals surface area contributed by atoms with Crippen molar-refractivity contribution in [3.8, 4) is 11.8 Å². The Bertz CT molecular complexity index is 689. The SMILES string of the molecule is CC(=O)c1ccc(OCc2ccccc2C#N)c(Cl)c1. The Morgan fingerprint density at radius 3 is 2.70 bits per heavy atom. The lowest BCUT2D eigenvalue weighted by atomic mass is 10.1. The van der Waals surface area contributed by atoms with E-state index in [1.165, 1.54) is 6.92 Å². The Kier molecular flexibility index (Phi) is 4.39. The number of hydrogen-bond acceptors (Lipinski definition) is 3. The van der Waals surface area contributed by atoms with E-state index in [1.807, 2.05) is 12.1 Å². The van der Waals surface area contributed by atoms with Gasteiger partial charge >= 0.3 is 0 Å². The Morgan fingerprint density at radius 2 is 2.05 bits per heavy atom. The molecule has 0 unspecified atom stereocenters. The van der Waals surface area contributed by atoms with Gasteiger partial charge in [0, 0.05) is 11.1 Å². The molecular weight excluding hydrogens is 274 g/mol. The van der Waals surface area contributed by atoms with Crippen molar-refractivity contribution in [2.45, 2.75) is 13.5 Å². The summed E-state index contributed by atoms with van der Waals surface area (Å²) < 4.78 is 5.61. The molecule has 0 bridgehead atoms. The van der Waals surface area contributed by atoms with Gasteiger partial charge in [-0.2, -0.15) is 5.26 Å². The average Bonchev–Trinajstić information content (AvgIpc) is 2.46. The molecule has 0 radical (unpaired) electrons. The van der Waals surface area contributed by atoms with Gasteiger partial charge in [-0.3, -0.25) is 4.79 Å². The molecule has 0 aromatic heterocycles. The van der Waals surface area contributed by atoms with Crippen molar-refractivity contribution >= 4 is 17.4 Å². The molecule has 0 aliphatic heterocycles. The lowest BCUT2D eigenvalue weighted by Crippen LogP contribution is -1.99.